The van der Waals surface area contributed by atoms with Crippen LogP contribution < -0.4 is 15.5 Å². The van der Waals surface area contributed by atoms with E-state index in [1.54, 1.807) is 0 Å². The van der Waals surface area contributed by atoms with Crippen LogP contribution in [0.15, 0.2) is 48.5 Å². The van der Waals surface area contributed by atoms with Crippen LogP contribution in [0.2, 0.25) is 0 Å². The predicted molar refractivity (Wildman–Crippen MR) is 143 cm³/mol. The lowest BCUT2D eigenvalue weighted by Crippen LogP contribution is -2.37. The maximum Gasteiger partial charge on any atom is 0.225 e. The van der Waals surface area contributed by atoms with Crippen LogP contribution in [0.25, 0.3) is 10.9 Å². The molecule has 3 aromatic rings. The van der Waals surface area contributed by atoms with Crippen LogP contribution in [0.3, 0.4) is 0 Å². The molecule has 0 amide bonds. The van der Waals surface area contributed by atoms with Gasteiger partial charge in [-0.2, -0.15) is 4.98 Å². The highest BCUT2D eigenvalue weighted by atomic mass is 16.7. The minimum atomic E-state index is -0.282. The zero-order chi connectivity index (χ0) is 24.6. The number of anilines is 2. The van der Waals surface area contributed by atoms with Gasteiger partial charge in [0.1, 0.15) is 5.82 Å². The topological polar surface area (TPSA) is 71.5 Å². The largest absolute Gasteiger partial charge is 0.362 e. The second kappa shape index (κ2) is 12.3. The highest BCUT2D eigenvalue weighted by molar-refractivity contribution is 5.90. The van der Waals surface area contributed by atoms with Gasteiger partial charge in [0, 0.05) is 56.9 Å². The number of nitrogens with zero attached hydrogens (tertiary/aromatic N) is 3. The summed E-state index contributed by atoms with van der Waals surface area (Å²) in [7, 11) is 4.05. The lowest BCUT2D eigenvalue weighted by atomic mass is 9.91. The van der Waals surface area contributed by atoms with Crippen LogP contribution in [0.1, 0.15) is 56.9 Å². The molecule has 0 bridgehead atoms. The first kappa shape index (κ1) is 25.4. The maximum atomic E-state index is 5.70. The number of fused-ring (bicyclic) bond motifs is 1. The maximum absolute atomic E-state index is 5.70. The van der Waals surface area contributed by atoms with Crippen molar-refractivity contribution in [3.05, 3.63) is 59.7 Å². The van der Waals surface area contributed by atoms with E-state index in [0.29, 0.717) is 25.3 Å². The van der Waals surface area contributed by atoms with Crippen LogP contribution in [0.5, 0.6) is 0 Å². The van der Waals surface area contributed by atoms with Gasteiger partial charge in [-0.05, 0) is 57.2 Å². The van der Waals surface area contributed by atoms with Crippen molar-refractivity contribution in [2.24, 2.45) is 0 Å². The number of para-hydroxylation sites is 1. The van der Waals surface area contributed by atoms with E-state index in [2.05, 4.69) is 51.9 Å². The lowest BCUT2D eigenvalue weighted by molar-refractivity contribution is -0.140. The molecular formula is C28H39N5O2. The molecule has 35 heavy (non-hydrogen) atoms. The first-order chi connectivity index (χ1) is 17.1. The molecule has 1 heterocycles. The Morgan fingerprint density at radius 2 is 1.54 bits per heavy atom. The van der Waals surface area contributed by atoms with Gasteiger partial charge in [0.2, 0.25) is 5.95 Å². The molecule has 2 N–H and O–H groups in total. The number of rotatable bonds is 11. The third-order valence-electron chi connectivity index (χ3n) is 6.55. The van der Waals surface area contributed by atoms with Gasteiger partial charge < -0.3 is 25.0 Å². The quantitative estimate of drug-likeness (QED) is 0.364. The van der Waals surface area contributed by atoms with Crippen molar-refractivity contribution in [1.29, 1.82) is 0 Å². The molecule has 2 aromatic carbocycles. The van der Waals surface area contributed by atoms with Gasteiger partial charge in [0.05, 0.1) is 5.52 Å². The molecule has 1 saturated carbocycles. The fourth-order valence-corrected chi connectivity index (χ4v) is 4.69. The average Bonchev–Trinajstić information content (AvgIpc) is 2.88. The number of hydrogen-bond acceptors (Lipinski definition) is 7. The van der Waals surface area contributed by atoms with E-state index >= 15 is 0 Å². The van der Waals surface area contributed by atoms with Gasteiger partial charge in [-0.15, -0.1) is 0 Å². The molecule has 1 aliphatic rings. The molecule has 1 aromatic heterocycles. The van der Waals surface area contributed by atoms with Crippen molar-refractivity contribution in [3.63, 3.8) is 0 Å². The van der Waals surface area contributed by atoms with Gasteiger partial charge in [0.25, 0.3) is 0 Å². The normalized spacial score (nSPS) is 18.2. The van der Waals surface area contributed by atoms with Gasteiger partial charge in [-0.25, -0.2) is 4.98 Å². The molecule has 1 aliphatic carbocycles. The first-order valence-electron chi connectivity index (χ1n) is 12.8. The summed E-state index contributed by atoms with van der Waals surface area (Å²) in [6, 6.07) is 17.7. The Bertz CT molecular complexity index is 1060. The molecule has 7 nitrogen and oxygen atoms in total. The number of benzene rings is 2. The average molecular weight is 478 g/mol. The van der Waals surface area contributed by atoms with E-state index in [-0.39, 0.29) is 6.29 Å². The summed E-state index contributed by atoms with van der Waals surface area (Å²) in [5, 5.41) is 8.42. The number of nitrogens with one attached hydrogen (secondary N) is 2. The minimum absolute atomic E-state index is 0.282. The Balaban J connectivity index is 1.27. The van der Waals surface area contributed by atoms with E-state index < -0.39 is 0 Å². The smallest absolute Gasteiger partial charge is 0.225 e. The van der Waals surface area contributed by atoms with Crippen molar-refractivity contribution in [2.45, 2.75) is 64.4 Å². The summed E-state index contributed by atoms with van der Waals surface area (Å²) in [6.07, 6.45) is 4.21. The van der Waals surface area contributed by atoms with Crippen molar-refractivity contribution < 1.29 is 9.47 Å². The molecule has 0 spiro atoms. The van der Waals surface area contributed by atoms with Gasteiger partial charge in [-0.3, -0.25) is 0 Å². The van der Waals surface area contributed by atoms with E-state index in [0.717, 1.165) is 60.5 Å². The van der Waals surface area contributed by atoms with Crippen LogP contribution in [-0.4, -0.2) is 49.4 Å². The van der Waals surface area contributed by atoms with E-state index in [1.807, 2.05) is 40.1 Å². The van der Waals surface area contributed by atoms with Crippen LogP contribution in [-0.2, 0) is 16.0 Å². The standard InChI is InChI=1S/C28H39N5O2/c1-5-34-27(35-6-2)21-13-11-20(12-14-21)19-29-22-15-17-23(18-16-22)30-28-31-25-10-8-7-9-24(25)26(32-28)33(3)4/h7-14,22-23,27,29H,5-6,15-19H2,1-4H3,(H,30,31,32)/t22-,23+. The summed E-state index contributed by atoms with van der Waals surface area (Å²) in [6.45, 7) is 6.12. The van der Waals surface area contributed by atoms with Crippen molar-refractivity contribution in [2.75, 3.05) is 37.5 Å². The highest BCUT2D eigenvalue weighted by Gasteiger charge is 2.22. The SMILES string of the molecule is CCOC(OCC)c1ccc(CN[C@H]2CC[C@@H](Nc3nc(N(C)C)c4ccccc4n3)CC2)cc1. The van der Waals surface area contributed by atoms with Crippen LogP contribution >= 0.6 is 0 Å². The minimum Gasteiger partial charge on any atom is -0.362 e. The third-order valence-corrected chi connectivity index (χ3v) is 6.55. The molecule has 0 saturated heterocycles. The highest BCUT2D eigenvalue weighted by Crippen LogP contribution is 2.26. The van der Waals surface area contributed by atoms with Gasteiger partial charge >= 0.3 is 0 Å². The zero-order valence-corrected chi connectivity index (χ0v) is 21.5. The second-order valence-electron chi connectivity index (χ2n) is 9.34. The monoisotopic (exact) mass is 477 g/mol. The Kier molecular flexibility index (Phi) is 8.90. The first-order valence-corrected chi connectivity index (χ1v) is 12.8. The van der Waals surface area contributed by atoms with E-state index in [1.165, 1.54) is 5.56 Å². The summed E-state index contributed by atoms with van der Waals surface area (Å²) < 4.78 is 11.4. The Morgan fingerprint density at radius 3 is 2.20 bits per heavy atom. The van der Waals surface area contributed by atoms with Gasteiger partial charge in [0.15, 0.2) is 6.29 Å². The molecule has 1 fully saturated rings. The van der Waals surface area contributed by atoms with Crippen molar-refractivity contribution >= 4 is 22.7 Å². The van der Waals surface area contributed by atoms with E-state index in [4.69, 9.17) is 19.4 Å². The zero-order valence-electron chi connectivity index (χ0n) is 21.5. The van der Waals surface area contributed by atoms with Crippen LogP contribution in [0.4, 0.5) is 11.8 Å². The number of aromatic nitrogens is 2. The number of hydrogen-bond donors (Lipinski definition) is 2. The van der Waals surface area contributed by atoms with Crippen molar-refractivity contribution in [1.82, 2.24) is 15.3 Å². The molecule has 0 aliphatic heterocycles. The molecule has 4 rings (SSSR count). The fraction of sp³-hybridized carbons (Fsp3) is 0.500. The molecule has 0 radical (unpaired) electrons. The molecule has 188 valence electrons. The fourth-order valence-electron chi connectivity index (χ4n) is 4.69. The molecule has 0 atom stereocenters. The lowest BCUT2D eigenvalue weighted by Gasteiger charge is -2.30. The van der Waals surface area contributed by atoms with Crippen molar-refractivity contribution in [3.8, 4) is 0 Å². The van der Waals surface area contributed by atoms with Gasteiger partial charge in [-0.1, -0.05) is 36.4 Å². The Labute approximate surface area is 209 Å². The predicted octanol–water partition coefficient (Wildman–Crippen LogP) is 5.28. The summed E-state index contributed by atoms with van der Waals surface area (Å²) in [5.41, 5.74) is 3.32. The molecule has 0 unspecified atom stereocenters. The summed E-state index contributed by atoms with van der Waals surface area (Å²) in [4.78, 5) is 11.6. The summed E-state index contributed by atoms with van der Waals surface area (Å²) in [5.74, 6) is 1.68. The second-order valence-corrected chi connectivity index (χ2v) is 9.34. The summed E-state index contributed by atoms with van der Waals surface area (Å²) >= 11 is 0. The number of ether oxygens (including phenoxy) is 2. The Morgan fingerprint density at radius 1 is 0.886 bits per heavy atom. The third kappa shape index (κ3) is 6.69. The van der Waals surface area contributed by atoms with E-state index in [9.17, 15) is 0 Å². The molecule has 7 heteroatoms. The van der Waals surface area contributed by atoms with Crippen LogP contribution in [0, 0.1) is 0 Å². The Hall–Kier alpha value is -2.74. The molecular weight excluding hydrogens is 438 g/mol.